The Morgan fingerprint density at radius 1 is 0.944 bits per heavy atom. The first-order chi connectivity index (χ1) is 8.75. The fraction of sp³-hybridized carbons (Fsp3) is 0.188. The van der Waals surface area contributed by atoms with Crippen molar-refractivity contribution in [3.8, 4) is 0 Å². The van der Waals surface area contributed by atoms with Crippen molar-refractivity contribution in [2.45, 2.75) is 20.8 Å². The lowest BCUT2D eigenvalue weighted by Crippen LogP contribution is -2.11. The molecule has 0 saturated carbocycles. The lowest BCUT2D eigenvalue weighted by Gasteiger charge is -2.05. The maximum absolute atomic E-state index is 11.9. The van der Waals surface area contributed by atoms with Crippen LogP contribution in [-0.2, 0) is 0 Å². The van der Waals surface area contributed by atoms with Crippen LogP contribution in [0, 0.1) is 6.92 Å². The minimum absolute atomic E-state index is 0.0742. The van der Waals surface area contributed by atoms with Crippen LogP contribution in [0.1, 0.15) is 29.8 Å². The molecule has 0 unspecified atom stereocenters. The van der Waals surface area contributed by atoms with Crippen LogP contribution >= 0.6 is 0 Å². The summed E-state index contributed by atoms with van der Waals surface area (Å²) in [5.41, 5.74) is 2.58. The zero-order chi connectivity index (χ0) is 13.4. The van der Waals surface area contributed by atoms with Crippen LogP contribution in [0.2, 0.25) is 0 Å². The summed E-state index contributed by atoms with van der Waals surface area (Å²) in [6.07, 6.45) is 0. The van der Waals surface area contributed by atoms with E-state index in [1.807, 2.05) is 75.4 Å². The van der Waals surface area contributed by atoms with E-state index in [9.17, 15) is 4.79 Å². The lowest BCUT2D eigenvalue weighted by molar-refractivity contribution is 0.102. The van der Waals surface area contributed by atoms with Crippen molar-refractivity contribution >= 4 is 11.6 Å². The molecule has 0 heterocycles. The Morgan fingerprint density at radius 3 is 2.22 bits per heavy atom. The van der Waals surface area contributed by atoms with Crippen molar-refractivity contribution in [3.63, 3.8) is 0 Å². The van der Waals surface area contributed by atoms with Crippen molar-refractivity contribution in [1.29, 1.82) is 0 Å². The molecule has 2 aromatic rings. The van der Waals surface area contributed by atoms with Gasteiger partial charge >= 0.3 is 0 Å². The number of rotatable bonds is 2. The van der Waals surface area contributed by atoms with Crippen LogP contribution in [0.15, 0.2) is 54.6 Å². The number of benzene rings is 2. The second-order valence-electron chi connectivity index (χ2n) is 3.69. The molecule has 1 N–H and O–H groups in total. The Balaban J connectivity index is 0.000000771. The highest BCUT2D eigenvalue weighted by molar-refractivity contribution is 6.04. The summed E-state index contributed by atoms with van der Waals surface area (Å²) < 4.78 is 0. The van der Waals surface area contributed by atoms with Crippen molar-refractivity contribution in [2.24, 2.45) is 0 Å². The second-order valence-corrected chi connectivity index (χ2v) is 3.69. The fourth-order valence-electron chi connectivity index (χ4n) is 1.51. The van der Waals surface area contributed by atoms with E-state index in [1.165, 1.54) is 0 Å². The number of carbonyl (C=O) groups is 1. The molecule has 2 rings (SSSR count). The Morgan fingerprint density at radius 2 is 1.61 bits per heavy atom. The molecule has 2 heteroatoms. The van der Waals surface area contributed by atoms with Gasteiger partial charge in [-0.2, -0.15) is 0 Å². The predicted molar refractivity (Wildman–Crippen MR) is 76.9 cm³/mol. The quantitative estimate of drug-likeness (QED) is 0.835. The van der Waals surface area contributed by atoms with E-state index in [4.69, 9.17) is 0 Å². The van der Waals surface area contributed by atoms with Gasteiger partial charge in [0.05, 0.1) is 0 Å². The lowest BCUT2D eigenvalue weighted by atomic mass is 10.1. The van der Waals surface area contributed by atoms with Gasteiger partial charge in [0, 0.05) is 11.3 Å². The normalized spacial score (nSPS) is 9.06. The van der Waals surface area contributed by atoms with E-state index in [2.05, 4.69) is 5.32 Å². The Bertz CT molecular complexity index is 491. The van der Waals surface area contributed by atoms with Gasteiger partial charge in [-0.1, -0.05) is 49.7 Å². The molecule has 0 atom stereocenters. The molecule has 0 aliphatic heterocycles. The number of carbonyl (C=O) groups excluding carboxylic acids is 1. The highest BCUT2D eigenvalue weighted by Gasteiger charge is 2.04. The molecular weight excluding hydrogens is 222 g/mol. The molecule has 0 fully saturated rings. The minimum atomic E-state index is -0.0742. The number of hydrogen-bond acceptors (Lipinski definition) is 1. The third-order valence-corrected chi connectivity index (χ3v) is 2.31. The van der Waals surface area contributed by atoms with E-state index in [0.29, 0.717) is 5.56 Å². The molecule has 2 nitrogen and oxygen atoms in total. The summed E-state index contributed by atoms with van der Waals surface area (Å²) >= 11 is 0. The maximum Gasteiger partial charge on any atom is 0.255 e. The average molecular weight is 241 g/mol. The number of hydrogen-bond donors (Lipinski definition) is 1. The molecule has 0 saturated heterocycles. The van der Waals surface area contributed by atoms with E-state index in [0.717, 1.165) is 11.3 Å². The largest absolute Gasteiger partial charge is 0.322 e. The van der Waals surface area contributed by atoms with E-state index in [-0.39, 0.29) is 5.91 Å². The summed E-state index contributed by atoms with van der Waals surface area (Å²) in [6, 6.07) is 17.0. The highest BCUT2D eigenvalue weighted by Crippen LogP contribution is 2.09. The van der Waals surface area contributed by atoms with Gasteiger partial charge in [-0.25, -0.2) is 0 Å². The number of aryl methyl sites for hydroxylation is 1. The average Bonchev–Trinajstić information content (AvgIpc) is 2.42. The zero-order valence-corrected chi connectivity index (χ0v) is 11.1. The van der Waals surface area contributed by atoms with Crippen molar-refractivity contribution in [1.82, 2.24) is 0 Å². The number of anilines is 1. The van der Waals surface area contributed by atoms with Crippen molar-refractivity contribution in [2.75, 3.05) is 5.32 Å². The Hall–Kier alpha value is -2.09. The Labute approximate surface area is 109 Å². The summed E-state index contributed by atoms with van der Waals surface area (Å²) in [5.74, 6) is -0.0742. The van der Waals surface area contributed by atoms with E-state index in [1.54, 1.807) is 0 Å². The predicted octanol–water partition coefficient (Wildman–Crippen LogP) is 4.27. The number of nitrogens with one attached hydrogen (secondary N) is 1. The summed E-state index contributed by atoms with van der Waals surface area (Å²) in [7, 11) is 0. The van der Waals surface area contributed by atoms with Gasteiger partial charge in [0.25, 0.3) is 5.91 Å². The smallest absolute Gasteiger partial charge is 0.255 e. The first-order valence-corrected chi connectivity index (χ1v) is 6.19. The van der Waals surface area contributed by atoms with Crippen LogP contribution in [0.3, 0.4) is 0 Å². The summed E-state index contributed by atoms with van der Waals surface area (Å²) in [4.78, 5) is 11.9. The zero-order valence-electron chi connectivity index (χ0n) is 11.1. The number of para-hydroxylation sites is 1. The molecule has 18 heavy (non-hydrogen) atoms. The first kappa shape index (κ1) is 14.0. The maximum atomic E-state index is 11.9. The van der Waals surface area contributed by atoms with Crippen molar-refractivity contribution in [3.05, 3.63) is 65.7 Å². The van der Waals surface area contributed by atoms with Gasteiger partial charge in [-0.3, -0.25) is 4.79 Å². The van der Waals surface area contributed by atoms with Gasteiger partial charge in [-0.15, -0.1) is 0 Å². The van der Waals surface area contributed by atoms with Crippen LogP contribution in [-0.4, -0.2) is 5.91 Å². The van der Waals surface area contributed by atoms with E-state index < -0.39 is 0 Å². The second kappa shape index (κ2) is 7.28. The molecule has 0 aliphatic carbocycles. The third kappa shape index (κ3) is 4.06. The molecule has 0 bridgehead atoms. The molecule has 1 amide bonds. The van der Waals surface area contributed by atoms with Gasteiger partial charge < -0.3 is 5.32 Å². The van der Waals surface area contributed by atoms with Crippen molar-refractivity contribution < 1.29 is 4.79 Å². The third-order valence-electron chi connectivity index (χ3n) is 2.31. The molecule has 0 aromatic heterocycles. The molecule has 0 spiro atoms. The van der Waals surface area contributed by atoms with Gasteiger partial charge in [-0.05, 0) is 31.2 Å². The molecule has 94 valence electrons. The minimum Gasteiger partial charge on any atom is -0.322 e. The molecule has 0 radical (unpaired) electrons. The summed E-state index contributed by atoms with van der Waals surface area (Å²) in [5, 5.41) is 2.85. The molecule has 2 aromatic carbocycles. The molecular formula is C16H19NO. The van der Waals surface area contributed by atoms with Crippen LogP contribution < -0.4 is 5.32 Å². The van der Waals surface area contributed by atoms with E-state index >= 15 is 0 Å². The van der Waals surface area contributed by atoms with Gasteiger partial charge in [0.1, 0.15) is 0 Å². The summed E-state index contributed by atoms with van der Waals surface area (Å²) in [6.45, 7) is 5.97. The SMILES string of the molecule is CC.Cc1cccc(C(=O)Nc2ccccc2)c1. The van der Waals surface area contributed by atoms with Crippen LogP contribution in [0.25, 0.3) is 0 Å². The highest BCUT2D eigenvalue weighted by atomic mass is 16.1. The Kier molecular flexibility index (Phi) is 5.65. The number of amides is 1. The van der Waals surface area contributed by atoms with Gasteiger partial charge in [0.15, 0.2) is 0 Å². The van der Waals surface area contributed by atoms with Crippen LogP contribution in [0.4, 0.5) is 5.69 Å². The fourth-order valence-corrected chi connectivity index (χ4v) is 1.51. The molecule has 0 aliphatic rings. The monoisotopic (exact) mass is 241 g/mol. The standard InChI is InChI=1S/C14H13NO.C2H6/c1-11-6-5-7-12(10-11)14(16)15-13-8-3-2-4-9-13;1-2/h2-10H,1H3,(H,15,16);1-2H3. The topological polar surface area (TPSA) is 29.1 Å². The first-order valence-electron chi connectivity index (χ1n) is 6.19. The van der Waals surface area contributed by atoms with Crippen LogP contribution in [0.5, 0.6) is 0 Å². The van der Waals surface area contributed by atoms with Gasteiger partial charge in [0.2, 0.25) is 0 Å².